The summed E-state index contributed by atoms with van der Waals surface area (Å²) in [6.45, 7) is 0.697. The number of hydrogen-bond acceptors (Lipinski definition) is 4. The van der Waals surface area contributed by atoms with Gasteiger partial charge in [-0.3, -0.25) is 0 Å². The lowest BCUT2D eigenvalue weighted by atomic mass is 10.1. The highest BCUT2D eigenvalue weighted by Gasteiger charge is 2.06. The molecular weight excluding hydrogens is 252 g/mol. The van der Waals surface area contributed by atoms with Gasteiger partial charge in [0.2, 0.25) is 0 Å². The lowest BCUT2D eigenvalue weighted by Crippen LogP contribution is -2.05. The van der Waals surface area contributed by atoms with E-state index in [4.69, 9.17) is 5.11 Å². The summed E-state index contributed by atoms with van der Waals surface area (Å²) < 4.78 is 25.9. The van der Waals surface area contributed by atoms with Gasteiger partial charge >= 0.3 is 0 Å². The summed E-state index contributed by atoms with van der Waals surface area (Å²) in [5, 5.41) is 19.5. The molecule has 0 aliphatic heterocycles. The number of nitrogens with one attached hydrogen (secondary N) is 1. The van der Waals surface area contributed by atoms with E-state index in [-0.39, 0.29) is 6.61 Å². The fourth-order valence-corrected chi connectivity index (χ4v) is 1.53. The van der Waals surface area contributed by atoms with E-state index in [1.54, 1.807) is 12.1 Å². The van der Waals surface area contributed by atoms with Crippen LogP contribution in [-0.4, -0.2) is 28.5 Å². The minimum absolute atomic E-state index is 0.105. The molecule has 1 heterocycles. The van der Waals surface area contributed by atoms with Gasteiger partial charge in [-0.15, -0.1) is 10.2 Å². The van der Waals surface area contributed by atoms with Gasteiger partial charge in [-0.1, -0.05) is 0 Å². The van der Waals surface area contributed by atoms with Gasteiger partial charge in [-0.05, 0) is 36.8 Å². The van der Waals surface area contributed by atoms with Gasteiger partial charge in [0, 0.05) is 18.7 Å². The van der Waals surface area contributed by atoms with E-state index in [1.807, 2.05) is 0 Å². The zero-order chi connectivity index (χ0) is 13.7. The Bertz CT molecular complexity index is 546. The molecule has 0 aliphatic carbocycles. The monoisotopic (exact) mass is 265 g/mol. The Morgan fingerprint density at radius 1 is 1.05 bits per heavy atom. The van der Waals surface area contributed by atoms with E-state index in [2.05, 4.69) is 15.5 Å². The smallest absolute Gasteiger partial charge is 0.159 e. The minimum Gasteiger partial charge on any atom is -0.396 e. The van der Waals surface area contributed by atoms with Crippen LogP contribution in [0.3, 0.4) is 0 Å². The van der Waals surface area contributed by atoms with E-state index in [0.717, 1.165) is 12.1 Å². The summed E-state index contributed by atoms with van der Waals surface area (Å²) in [5.41, 5.74) is 0.930. The SMILES string of the molecule is OCCCNc1ccc(-c2ccc(F)c(F)c2)nn1. The largest absolute Gasteiger partial charge is 0.396 e. The number of rotatable bonds is 5. The van der Waals surface area contributed by atoms with Crippen LogP contribution in [0, 0.1) is 11.6 Å². The lowest BCUT2D eigenvalue weighted by Gasteiger charge is -2.05. The van der Waals surface area contributed by atoms with Crippen LogP contribution < -0.4 is 5.32 Å². The maximum absolute atomic E-state index is 13.1. The number of benzene rings is 1. The summed E-state index contributed by atoms with van der Waals surface area (Å²) in [6, 6.07) is 6.95. The fraction of sp³-hybridized carbons (Fsp3) is 0.231. The molecule has 0 atom stereocenters. The standard InChI is InChI=1S/C13H13F2N3O/c14-10-3-2-9(8-11(10)15)12-4-5-13(18-17-12)16-6-1-7-19/h2-5,8,19H,1,6-7H2,(H,16,18). The van der Waals surface area contributed by atoms with Crippen LogP contribution >= 0.6 is 0 Å². The summed E-state index contributed by atoms with van der Waals surface area (Å²) in [4.78, 5) is 0. The minimum atomic E-state index is -0.913. The number of aliphatic hydroxyl groups is 1. The predicted octanol–water partition coefficient (Wildman–Crippen LogP) is 2.22. The first-order valence-electron chi connectivity index (χ1n) is 5.84. The molecule has 0 saturated carbocycles. The van der Waals surface area contributed by atoms with Gasteiger partial charge in [-0.25, -0.2) is 8.78 Å². The Balaban J connectivity index is 2.11. The third-order valence-electron chi connectivity index (χ3n) is 2.52. The van der Waals surface area contributed by atoms with E-state index in [9.17, 15) is 8.78 Å². The molecule has 0 amide bonds. The average Bonchev–Trinajstić information content (AvgIpc) is 2.43. The van der Waals surface area contributed by atoms with Crippen LogP contribution in [0.25, 0.3) is 11.3 Å². The molecule has 0 fully saturated rings. The maximum Gasteiger partial charge on any atom is 0.159 e. The molecule has 19 heavy (non-hydrogen) atoms. The van der Waals surface area contributed by atoms with E-state index < -0.39 is 11.6 Å². The Morgan fingerprint density at radius 2 is 1.89 bits per heavy atom. The lowest BCUT2D eigenvalue weighted by molar-refractivity contribution is 0.292. The van der Waals surface area contributed by atoms with Crippen molar-refractivity contribution in [1.82, 2.24) is 10.2 Å². The van der Waals surface area contributed by atoms with Crippen molar-refractivity contribution in [2.45, 2.75) is 6.42 Å². The Morgan fingerprint density at radius 3 is 2.53 bits per heavy atom. The molecule has 2 N–H and O–H groups in total. The van der Waals surface area contributed by atoms with Crippen LogP contribution in [0.15, 0.2) is 30.3 Å². The predicted molar refractivity (Wildman–Crippen MR) is 67.6 cm³/mol. The number of hydrogen-bond donors (Lipinski definition) is 2. The van der Waals surface area contributed by atoms with Gasteiger partial charge in [-0.2, -0.15) is 0 Å². The maximum atomic E-state index is 13.1. The fourth-order valence-electron chi connectivity index (χ4n) is 1.53. The molecule has 0 spiro atoms. The summed E-state index contributed by atoms with van der Waals surface area (Å²) in [5.74, 6) is -1.23. The molecule has 0 radical (unpaired) electrons. The number of nitrogens with zero attached hydrogens (tertiary/aromatic N) is 2. The van der Waals surface area contributed by atoms with Crippen molar-refractivity contribution < 1.29 is 13.9 Å². The number of aromatic nitrogens is 2. The first-order valence-corrected chi connectivity index (χ1v) is 5.84. The second kappa shape index (κ2) is 6.19. The first-order chi connectivity index (χ1) is 9.20. The molecular formula is C13H13F2N3O. The van der Waals surface area contributed by atoms with E-state index in [1.165, 1.54) is 6.07 Å². The van der Waals surface area contributed by atoms with Crippen molar-refractivity contribution in [3.05, 3.63) is 42.0 Å². The van der Waals surface area contributed by atoms with Crippen LogP contribution in [0.5, 0.6) is 0 Å². The molecule has 0 unspecified atom stereocenters. The van der Waals surface area contributed by atoms with Crippen molar-refractivity contribution >= 4 is 5.82 Å². The number of aliphatic hydroxyl groups excluding tert-OH is 1. The second-order valence-corrected chi connectivity index (χ2v) is 3.94. The van der Waals surface area contributed by atoms with E-state index in [0.29, 0.717) is 30.0 Å². The summed E-state index contributed by atoms with van der Waals surface area (Å²) >= 11 is 0. The normalized spacial score (nSPS) is 10.5. The topological polar surface area (TPSA) is 58.0 Å². The van der Waals surface area contributed by atoms with Crippen LogP contribution in [0.4, 0.5) is 14.6 Å². The third kappa shape index (κ3) is 3.45. The molecule has 1 aromatic heterocycles. The molecule has 0 aliphatic rings. The highest BCUT2D eigenvalue weighted by atomic mass is 19.2. The summed E-state index contributed by atoms with van der Waals surface area (Å²) in [7, 11) is 0. The Hall–Kier alpha value is -2.08. The van der Waals surface area contributed by atoms with Crippen molar-refractivity contribution in [2.24, 2.45) is 0 Å². The molecule has 1 aromatic carbocycles. The Kier molecular flexibility index (Phi) is 4.35. The van der Waals surface area contributed by atoms with Gasteiger partial charge in [0.25, 0.3) is 0 Å². The first kappa shape index (κ1) is 13.4. The Labute approximate surface area is 109 Å². The molecule has 100 valence electrons. The zero-order valence-electron chi connectivity index (χ0n) is 10.1. The van der Waals surface area contributed by atoms with Crippen molar-refractivity contribution in [3.8, 4) is 11.3 Å². The third-order valence-corrected chi connectivity index (χ3v) is 2.52. The van der Waals surface area contributed by atoms with Gasteiger partial charge in [0.1, 0.15) is 5.82 Å². The van der Waals surface area contributed by atoms with Gasteiger partial charge < -0.3 is 10.4 Å². The van der Waals surface area contributed by atoms with E-state index >= 15 is 0 Å². The number of halogens is 2. The molecule has 0 bridgehead atoms. The second-order valence-electron chi connectivity index (χ2n) is 3.94. The molecule has 4 nitrogen and oxygen atoms in total. The van der Waals surface area contributed by atoms with Gasteiger partial charge in [0.15, 0.2) is 11.6 Å². The van der Waals surface area contributed by atoms with Crippen LogP contribution in [0.1, 0.15) is 6.42 Å². The van der Waals surface area contributed by atoms with Crippen molar-refractivity contribution in [3.63, 3.8) is 0 Å². The van der Waals surface area contributed by atoms with Crippen molar-refractivity contribution in [1.29, 1.82) is 0 Å². The molecule has 0 saturated heterocycles. The average molecular weight is 265 g/mol. The summed E-state index contributed by atoms with van der Waals surface area (Å²) in [6.07, 6.45) is 0.618. The van der Waals surface area contributed by atoms with Crippen LogP contribution in [0.2, 0.25) is 0 Å². The van der Waals surface area contributed by atoms with Crippen molar-refractivity contribution in [2.75, 3.05) is 18.5 Å². The highest BCUT2D eigenvalue weighted by molar-refractivity contribution is 5.59. The molecule has 2 aromatic rings. The highest BCUT2D eigenvalue weighted by Crippen LogP contribution is 2.19. The van der Waals surface area contributed by atoms with Gasteiger partial charge in [0.05, 0.1) is 5.69 Å². The zero-order valence-corrected chi connectivity index (χ0v) is 10.1. The molecule has 2 rings (SSSR count). The number of anilines is 1. The quantitative estimate of drug-likeness (QED) is 0.814. The van der Waals surface area contributed by atoms with Crippen LogP contribution in [-0.2, 0) is 0 Å². The molecule has 6 heteroatoms.